The third-order valence-electron chi connectivity index (χ3n) is 2.40. The normalized spacial score (nSPS) is 13.1. The van der Waals surface area contributed by atoms with E-state index in [0.29, 0.717) is 23.5 Å². The van der Waals surface area contributed by atoms with Gasteiger partial charge in [0.1, 0.15) is 0 Å². The Hall–Kier alpha value is -1.36. The topological polar surface area (TPSA) is 72.2 Å². The quantitative estimate of drug-likeness (QED) is 0.814. The Morgan fingerprint density at radius 1 is 1.39 bits per heavy atom. The van der Waals surface area contributed by atoms with E-state index in [4.69, 9.17) is 5.73 Å². The highest BCUT2D eigenvalue weighted by molar-refractivity contribution is 7.86. The Balaban J connectivity index is 2.46. The van der Waals surface area contributed by atoms with Crippen molar-refractivity contribution in [1.29, 1.82) is 0 Å². The molecule has 0 fully saturated rings. The molecule has 3 N–H and O–H groups in total. The van der Waals surface area contributed by atoms with Gasteiger partial charge in [0.25, 0.3) is 5.91 Å². The van der Waals surface area contributed by atoms with Crippen LogP contribution in [0.15, 0.2) is 24.3 Å². The van der Waals surface area contributed by atoms with Gasteiger partial charge in [-0.3, -0.25) is 9.00 Å². The number of carbonyl (C=O) groups is 1. The molecular formula is C13H20N2O2S. The van der Waals surface area contributed by atoms with Gasteiger partial charge in [0.15, 0.2) is 0 Å². The molecule has 0 aliphatic rings. The Morgan fingerprint density at radius 2 is 2.06 bits per heavy atom. The molecule has 1 atom stereocenters. The van der Waals surface area contributed by atoms with Crippen molar-refractivity contribution in [1.82, 2.24) is 5.32 Å². The highest BCUT2D eigenvalue weighted by Gasteiger charge is 2.18. The lowest BCUT2D eigenvalue weighted by molar-refractivity contribution is 0.0956. The van der Waals surface area contributed by atoms with E-state index in [9.17, 15) is 9.00 Å². The molecule has 1 rings (SSSR count). The van der Waals surface area contributed by atoms with Crippen LogP contribution in [0.25, 0.3) is 0 Å². The minimum atomic E-state index is -0.954. The largest absolute Gasteiger partial charge is 0.399 e. The Kier molecular flexibility index (Phi) is 4.90. The lowest BCUT2D eigenvalue weighted by Crippen LogP contribution is -2.32. The highest BCUT2D eigenvalue weighted by Crippen LogP contribution is 2.10. The van der Waals surface area contributed by atoms with Gasteiger partial charge in [0.2, 0.25) is 0 Å². The van der Waals surface area contributed by atoms with Crippen molar-refractivity contribution in [3.8, 4) is 0 Å². The zero-order chi connectivity index (χ0) is 13.8. The third kappa shape index (κ3) is 4.49. The number of anilines is 1. The number of amides is 1. The third-order valence-corrected chi connectivity index (χ3v) is 4.35. The molecule has 1 aromatic carbocycles. The first kappa shape index (κ1) is 14.7. The summed E-state index contributed by atoms with van der Waals surface area (Å²) in [7, 11) is -0.954. The van der Waals surface area contributed by atoms with E-state index in [2.05, 4.69) is 5.32 Å². The van der Waals surface area contributed by atoms with Gasteiger partial charge in [-0.15, -0.1) is 0 Å². The molecule has 0 aliphatic heterocycles. The smallest absolute Gasteiger partial charge is 0.251 e. The molecule has 5 heteroatoms. The maximum atomic E-state index is 11.8. The fourth-order valence-electron chi connectivity index (χ4n) is 1.35. The van der Waals surface area contributed by atoms with E-state index in [-0.39, 0.29) is 10.7 Å². The molecule has 0 spiro atoms. The van der Waals surface area contributed by atoms with E-state index in [1.165, 1.54) is 0 Å². The molecule has 1 amide bonds. The van der Waals surface area contributed by atoms with Crippen LogP contribution in [-0.4, -0.2) is 27.2 Å². The minimum Gasteiger partial charge on any atom is -0.399 e. The molecule has 0 radical (unpaired) electrons. The predicted molar refractivity (Wildman–Crippen MR) is 76.0 cm³/mol. The molecule has 0 aromatic heterocycles. The lowest BCUT2D eigenvalue weighted by Gasteiger charge is -2.17. The van der Waals surface area contributed by atoms with Gasteiger partial charge >= 0.3 is 0 Å². The summed E-state index contributed by atoms with van der Waals surface area (Å²) in [4.78, 5) is 11.8. The Labute approximate surface area is 110 Å². The number of rotatable bonds is 4. The highest BCUT2D eigenvalue weighted by atomic mass is 32.2. The van der Waals surface area contributed by atoms with Crippen LogP contribution in [0.2, 0.25) is 0 Å². The second-order valence-corrected chi connectivity index (χ2v) is 7.37. The van der Waals surface area contributed by atoms with Crippen molar-refractivity contribution < 1.29 is 9.00 Å². The van der Waals surface area contributed by atoms with Crippen LogP contribution in [-0.2, 0) is 10.8 Å². The van der Waals surface area contributed by atoms with Crippen molar-refractivity contribution in [2.45, 2.75) is 25.5 Å². The van der Waals surface area contributed by atoms with Gasteiger partial charge in [0, 0.05) is 39.1 Å². The number of nitrogen functional groups attached to an aromatic ring is 1. The summed E-state index contributed by atoms with van der Waals surface area (Å²) in [5.41, 5.74) is 6.68. The van der Waals surface area contributed by atoms with Crippen LogP contribution in [0.4, 0.5) is 5.69 Å². The first-order valence-corrected chi connectivity index (χ1v) is 7.15. The second kappa shape index (κ2) is 6.00. The zero-order valence-corrected chi connectivity index (χ0v) is 11.8. The van der Waals surface area contributed by atoms with Gasteiger partial charge in [-0.05, 0) is 39.0 Å². The minimum absolute atomic E-state index is 0.187. The van der Waals surface area contributed by atoms with Crippen molar-refractivity contribution in [2.75, 3.05) is 18.0 Å². The summed E-state index contributed by atoms with van der Waals surface area (Å²) in [6.45, 7) is 6.16. The van der Waals surface area contributed by atoms with Crippen molar-refractivity contribution in [2.24, 2.45) is 0 Å². The number of hydrogen-bond acceptors (Lipinski definition) is 3. The van der Waals surface area contributed by atoms with Crippen LogP contribution < -0.4 is 11.1 Å². The van der Waals surface area contributed by atoms with Gasteiger partial charge in [-0.2, -0.15) is 0 Å². The molecule has 0 saturated heterocycles. The lowest BCUT2D eigenvalue weighted by atomic mass is 10.2. The number of nitrogens with one attached hydrogen (secondary N) is 1. The number of hydrogen-bond donors (Lipinski definition) is 2. The monoisotopic (exact) mass is 268 g/mol. The van der Waals surface area contributed by atoms with E-state index >= 15 is 0 Å². The predicted octanol–water partition coefficient (Wildman–Crippen LogP) is 1.55. The average Bonchev–Trinajstić information content (AvgIpc) is 2.27. The van der Waals surface area contributed by atoms with Crippen LogP contribution in [0, 0.1) is 0 Å². The fraction of sp³-hybridized carbons (Fsp3) is 0.462. The summed E-state index contributed by atoms with van der Waals surface area (Å²) in [6.07, 6.45) is 0. The van der Waals surface area contributed by atoms with Crippen LogP contribution in [0.5, 0.6) is 0 Å². The molecule has 1 aromatic rings. The van der Waals surface area contributed by atoms with E-state index < -0.39 is 10.8 Å². The number of nitrogens with two attached hydrogens (primary N) is 1. The number of benzene rings is 1. The first-order chi connectivity index (χ1) is 8.30. The van der Waals surface area contributed by atoms with Crippen LogP contribution in [0.3, 0.4) is 0 Å². The molecule has 0 bridgehead atoms. The molecule has 100 valence electrons. The average molecular weight is 268 g/mol. The molecule has 0 heterocycles. The van der Waals surface area contributed by atoms with E-state index in [1.54, 1.807) is 24.3 Å². The zero-order valence-electron chi connectivity index (χ0n) is 11.0. The molecular weight excluding hydrogens is 248 g/mol. The maximum absolute atomic E-state index is 11.8. The summed E-state index contributed by atoms with van der Waals surface area (Å²) in [5, 5.41) is 2.74. The summed E-state index contributed by atoms with van der Waals surface area (Å²) < 4.78 is 11.5. The first-order valence-electron chi connectivity index (χ1n) is 5.83. The van der Waals surface area contributed by atoms with Gasteiger partial charge in [-0.1, -0.05) is 6.07 Å². The van der Waals surface area contributed by atoms with Gasteiger partial charge in [0.05, 0.1) is 0 Å². The number of carbonyl (C=O) groups excluding carboxylic acids is 1. The molecule has 18 heavy (non-hydrogen) atoms. The van der Waals surface area contributed by atoms with Crippen LogP contribution in [0.1, 0.15) is 31.1 Å². The Bertz CT molecular complexity index is 453. The standard InChI is InChI=1S/C13H20N2O2S/c1-13(2,3)18(17)8-7-15-12(16)10-5-4-6-11(14)9-10/h4-6,9H,7-8,14H2,1-3H3,(H,15,16). The maximum Gasteiger partial charge on any atom is 0.251 e. The fourth-order valence-corrected chi connectivity index (χ4v) is 2.25. The van der Waals surface area contributed by atoms with Gasteiger partial charge in [-0.25, -0.2) is 0 Å². The van der Waals surface area contributed by atoms with E-state index in [1.807, 2.05) is 20.8 Å². The van der Waals surface area contributed by atoms with E-state index in [0.717, 1.165) is 0 Å². The molecule has 1 unspecified atom stereocenters. The second-order valence-electron chi connectivity index (χ2n) is 5.04. The SMILES string of the molecule is CC(C)(C)S(=O)CCNC(=O)c1cccc(N)c1. The molecule has 0 saturated carbocycles. The van der Waals surface area contributed by atoms with Crippen molar-refractivity contribution >= 4 is 22.4 Å². The summed E-state index contributed by atoms with van der Waals surface area (Å²) in [5.74, 6) is 0.269. The van der Waals surface area contributed by atoms with Crippen molar-refractivity contribution in [3.63, 3.8) is 0 Å². The van der Waals surface area contributed by atoms with Crippen LogP contribution >= 0.6 is 0 Å². The molecule has 0 aliphatic carbocycles. The van der Waals surface area contributed by atoms with Crippen molar-refractivity contribution in [3.05, 3.63) is 29.8 Å². The Morgan fingerprint density at radius 3 is 2.61 bits per heavy atom. The molecule has 4 nitrogen and oxygen atoms in total. The van der Waals surface area contributed by atoms with Gasteiger partial charge < -0.3 is 11.1 Å². The summed E-state index contributed by atoms with van der Waals surface area (Å²) >= 11 is 0. The summed E-state index contributed by atoms with van der Waals surface area (Å²) in [6, 6.07) is 6.78.